The largest absolute Gasteiger partial charge is 0.370 e. The lowest BCUT2D eigenvalue weighted by Gasteiger charge is -2.27. The lowest BCUT2D eigenvalue weighted by molar-refractivity contribution is 0.456. The standard InChI is InChI=1S/C15H21N5S.HI/c1-19-14-5-3-2-4-12(14)13(18-19)6-7-17-15(16)20-8-10-21-11-9-20;/h2-5H,6-11H2,1H3,(H2,16,17);1H. The molecule has 2 N–H and O–H groups in total. The van der Waals surface area contributed by atoms with Crippen molar-refractivity contribution in [1.29, 1.82) is 0 Å². The number of nitrogens with two attached hydrogens (primary N) is 1. The van der Waals surface area contributed by atoms with Gasteiger partial charge < -0.3 is 10.6 Å². The topological polar surface area (TPSA) is 59.4 Å². The number of fused-ring (bicyclic) bond motifs is 1. The second-order valence-corrected chi connectivity index (χ2v) is 6.40. The molecule has 0 atom stereocenters. The van der Waals surface area contributed by atoms with Crippen LogP contribution in [-0.4, -0.2) is 51.8 Å². The maximum Gasteiger partial charge on any atom is 0.191 e. The van der Waals surface area contributed by atoms with Gasteiger partial charge in [0.25, 0.3) is 0 Å². The second kappa shape index (κ2) is 8.05. The van der Waals surface area contributed by atoms with Crippen molar-refractivity contribution in [3.63, 3.8) is 0 Å². The lowest BCUT2D eigenvalue weighted by Crippen LogP contribution is -2.42. The van der Waals surface area contributed by atoms with Crippen molar-refractivity contribution in [3.05, 3.63) is 30.0 Å². The molecule has 1 aliphatic heterocycles. The minimum Gasteiger partial charge on any atom is -0.370 e. The van der Waals surface area contributed by atoms with Crippen LogP contribution in [0.1, 0.15) is 5.69 Å². The van der Waals surface area contributed by atoms with Gasteiger partial charge in [-0.15, -0.1) is 24.0 Å². The minimum absolute atomic E-state index is 0. The first-order valence-corrected chi connectivity index (χ1v) is 8.44. The van der Waals surface area contributed by atoms with E-state index < -0.39 is 0 Å². The Balaban J connectivity index is 0.00000176. The lowest BCUT2D eigenvalue weighted by atomic mass is 10.2. The Morgan fingerprint density at radius 2 is 2.05 bits per heavy atom. The summed E-state index contributed by atoms with van der Waals surface area (Å²) >= 11 is 1.98. The number of hydrogen-bond donors (Lipinski definition) is 1. The van der Waals surface area contributed by atoms with Gasteiger partial charge in [-0.3, -0.25) is 9.67 Å². The van der Waals surface area contributed by atoms with Crippen molar-refractivity contribution in [3.8, 4) is 0 Å². The maximum atomic E-state index is 6.07. The fourth-order valence-corrected chi connectivity index (χ4v) is 3.55. The monoisotopic (exact) mass is 431 g/mol. The molecule has 120 valence electrons. The Kier molecular flexibility index (Phi) is 6.37. The van der Waals surface area contributed by atoms with E-state index >= 15 is 0 Å². The molecule has 7 heteroatoms. The molecular weight excluding hydrogens is 409 g/mol. The Morgan fingerprint density at radius 1 is 1.32 bits per heavy atom. The maximum absolute atomic E-state index is 6.07. The quantitative estimate of drug-likeness (QED) is 0.460. The molecule has 0 spiro atoms. The summed E-state index contributed by atoms with van der Waals surface area (Å²) < 4.78 is 1.93. The number of aliphatic imine (C=N–C) groups is 1. The number of aryl methyl sites for hydroxylation is 1. The van der Waals surface area contributed by atoms with Crippen molar-refractivity contribution in [2.24, 2.45) is 17.8 Å². The highest BCUT2D eigenvalue weighted by Gasteiger charge is 2.12. The molecule has 0 saturated carbocycles. The molecule has 1 fully saturated rings. The molecule has 0 bridgehead atoms. The van der Waals surface area contributed by atoms with E-state index in [1.807, 2.05) is 29.6 Å². The van der Waals surface area contributed by atoms with Crippen LogP contribution >= 0.6 is 35.7 Å². The summed E-state index contributed by atoms with van der Waals surface area (Å²) in [6.07, 6.45) is 0.824. The van der Waals surface area contributed by atoms with Gasteiger partial charge in [-0.05, 0) is 6.07 Å². The SMILES string of the molecule is Cn1nc(CCN=C(N)N2CCSCC2)c2ccccc21.I. The predicted octanol–water partition coefficient (Wildman–Crippen LogP) is 2.10. The zero-order chi connectivity index (χ0) is 14.7. The van der Waals surface area contributed by atoms with Crippen molar-refractivity contribution in [2.75, 3.05) is 31.1 Å². The van der Waals surface area contributed by atoms with E-state index in [0.717, 1.165) is 42.2 Å². The molecule has 1 aromatic heterocycles. The normalized spacial score (nSPS) is 15.9. The van der Waals surface area contributed by atoms with Crippen molar-refractivity contribution in [1.82, 2.24) is 14.7 Å². The molecule has 1 saturated heterocycles. The summed E-state index contributed by atoms with van der Waals surface area (Å²) in [6.45, 7) is 2.70. The highest BCUT2D eigenvalue weighted by Crippen LogP contribution is 2.17. The van der Waals surface area contributed by atoms with Gasteiger partial charge in [0.1, 0.15) is 0 Å². The second-order valence-electron chi connectivity index (χ2n) is 5.18. The number of hydrogen-bond acceptors (Lipinski definition) is 3. The van der Waals surface area contributed by atoms with Crippen LogP contribution in [-0.2, 0) is 13.5 Å². The predicted molar refractivity (Wildman–Crippen MR) is 105 cm³/mol. The molecule has 1 aliphatic rings. The third kappa shape index (κ3) is 3.87. The van der Waals surface area contributed by atoms with Crippen LogP contribution in [0.4, 0.5) is 0 Å². The zero-order valence-electron chi connectivity index (χ0n) is 12.7. The number of guanidine groups is 1. The summed E-state index contributed by atoms with van der Waals surface area (Å²) in [6, 6.07) is 8.30. The van der Waals surface area contributed by atoms with E-state index in [2.05, 4.69) is 33.2 Å². The number of rotatable bonds is 3. The number of thioether (sulfide) groups is 1. The number of halogens is 1. The molecule has 1 aromatic carbocycles. The summed E-state index contributed by atoms with van der Waals surface area (Å²) in [5, 5.41) is 5.80. The van der Waals surface area contributed by atoms with E-state index in [1.165, 1.54) is 5.39 Å². The van der Waals surface area contributed by atoms with Gasteiger partial charge in [0.05, 0.1) is 11.2 Å². The Bertz CT molecular complexity index is 648. The first-order valence-electron chi connectivity index (χ1n) is 7.29. The molecule has 2 aromatic rings. The molecule has 22 heavy (non-hydrogen) atoms. The van der Waals surface area contributed by atoms with E-state index in [9.17, 15) is 0 Å². The van der Waals surface area contributed by atoms with Crippen molar-refractivity contribution in [2.45, 2.75) is 6.42 Å². The molecule has 0 radical (unpaired) electrons. The Hall–Kier alpha value is -0.960. The summed E-state index contributed by atoms with van der Waals surface area (Å²) in [7, 11) is 1.98. The smallest absolute Gasteiger partial charge is 0.191 e. The first kappa shape index (κ1) is 17.4. The summed E-state index contributed by atoms with van der Waals surface area (Å²) in [4.78, 5) is 6.69. The van der Waals surface area contributed by atoms with Crippen LogP contribution in [0.5, 0.6) is 0 Å². The van der Waals surface area contributed by atoms with Crippen LogP contribution < -0.4 is 5.73 Å². The number of aromatic nitrogens is 2. The molecular formula is C15H22IN5S. The van der Waals surface area contributed by atoms with Crippen molar-refractivity contribution < 1.29 is 0 Å². The number of benzene rings is 1. The fraction of sp³-hybridized carbons (Fsp3) is 0.467. The van der Waals surface area contributed by atoms with Gasteiger partial charge >= 0.3 is 0 Å². The Morgan fingerprint density at radius 3 is 2.82 bits per heavy atom. The van der Waals surface area contributed by atoms with E-state index in [4.69, 9.17) is 5.73 Å². The van der Waals surface area contributed by atoms with Gasteiger partial charge in [-0.2, -0.15) is 16.9 Å². The third-order valence-electron chi connectivity index (χ3n) is 3.79. The number of para-hydroxylation sites is 1. The zero-order valence-corrected chi connectivity index (χ0v) is 15.9. The van der Waals surface area contributed by atoms with Crippen LogP contribution in [0.25, 0.3) is 10.9 Å². The summed E-state index contributed by atoms with van der Waals surface area (Å²) in [5.41, 5.74) is 8.33. The molecule has 0 aliphatic carbocycles. The molecule has 0 amide bonds. The number of nitrogens with zero attached hydrogens (tertiary/aromatic N) is 4. The first-order chi connectivity index (χ1) is 10.3. The van der Waals surface area contributed by atoms with Gasteiger partial charge in [-0.25, -0.2) is 0 Å². The highest BCUT2D eigenvalue weighted by atomic mass is 127. The molecule has 2 heterocycles. The van der Waals surface area contributed by atoms with Crippen LogP contribution in [0.15, 0.2) is 29.3 Å². The van der Waals surface area contributed by atoms with Crippen LogP contribution in [0.2, 0.25) is 0 Å². The third-order valence-corrected chi connectivity index (χ3v) is 4.73. The van der Waals surface area contributed by atoms with Gasteiger partial charge in [0.2, 0.25) is 0 Å². The van der Waals surface area contributed by atoms with Crippen LogP contribution in [0, 0.1) is 0 Å². The molecule has 0 unspecified atom stereocenters. The fourth-order valence-electron chi connectivity index (χ4n) is 2.64. The minimum atomic E-state index is 0. The van der Waals surface area contributed by atoms with Crippen LogP contribution in [0.3, 0.4) is 0 Å². The van der Waals surface area contributed by atoms with E-state index in [1.54, 1.807) is 0 Å². The van der Waals surface area contributed by atoms with Gasteiger partial charge in [0.15, 0.2) is 5.96 Å². The highest BCUT2D eigenvalue weighted by molar-refractivity contribution is 14.0. The average Bonchev–Trinajstić information content (AvgIpc) is 2.85. The van der Waals surface area contributed by atoms with E-state index in [-0.39, 0.29) is 24.0 Å². The summed E-state index contributed by atoms with van der Waals surface area (Å²) in [5.74, 6) is 2.96. The van der Waals surface area contributed by atoms with Gasteiger partial charge in [0, 0.05) is 50.0 Å². The molecule has 5 nitrogen and oxygen atoms in total. The molecule has 3 rings (SSSR count). The Labute approximate surface area is 152 Å². The van der Waals surface area contributed by atoms with E-state index in [0.29, 0.717) is 12.5 Å². The van der Waals surface area contributed by atoms with Gasteiger partial charge in [-0.1, -0.05) is 18.2 Å². The van der Waals surface area contributed by atoms with Crippen molar-refractivity contribution >= 4 is 52.6 Å². The average molecular weight is 431 g/mol.